The van der Waals surface area contributed by atoms with Gasteiger partial charge in [0.25, 0.3) is 5.91 Å². The van der Waals surface area contributed by atoms with E-state index in [1.54, 1.807) is 17.9 Å². The number of aromatic hydroxyl groups is 1. The molecule has 0 unspecified atom stereocenters. The first-order valence-corrected chi connectivity index (χ1v) is 6.21. The van der Waals surface area contributed by atoms with Gasteiger partial charge in [0.15, 0.2) is 0 Å². The number of hydrogen-bond donors (Lipinski definition) is 2. The number of halogens is 1. The van der Waals surface area contributed by atoms with Gasteiger partial charge in [0.1, 0.15) is 5.75 Å². The van der Waals surface area contributed by atoms with Crippen molar-refractivity contribution in [1.82, 2.24) is 9.78 Å². The van der Waals surface area contributed by atoms with Crippen molar-refractivity contribution in [2.75, 3.05) is 5.32 Å². The number of hydrogen-bond acceptors (Lipinski definition) is 3. The lowest BCUT2D eigenvalue weighted by atomic mass is 10.2. The quantitative estimate of drug-likeness (QED) is 0.907. The smallest absolute Gasteiger partial charge is 0.255 e. The van der Waals surface area contributed by atoms with E-state index >= 15 is 0 Å². The van der Waals surface area contributed by atoms with Crippen LogP contribution in [0.5, 0.6) is 5.75 Å². The molecule has 1 aromatic heterocycles. The van der Waals surface area contributed by atoms with Crippen LogP contribution in [-0.4, -0.2) is 20.8 Å². The zero-order chi connectivity index (χ0) is 14.0. The van der Waals surface area contributed by atoms with Gasteiger partial charge in [-0.1, -0.05) is 18.5 Å². The number of carbonyl (C=O) groups is 1. The Balaban J connectivity index is 2.22. The molecule has 5 nitrogen and oxygen atoms in total. The van der Waals surface area contributed by atoms with E-state index in [4.69, 9.17) is 11.6 Å². The monoisotopic (exact) mass is 279 g/mol. The van der Waals surface area contributed by atoms with Crippen LogP contribution >= 0.6 is 11.6 Å². The van der Waals surface area contributed by atoms with Gasteiger partial charge in [0.05, 0.1) is 16.4 Å². The van der Waals surface area contributed by atoms with Crippen molar-refractivity contribution >= 4 is 23.2 Å². The topological polar surface area (TPSA) is 67.2 Å². The summed E-state index contributed by atoms with van der Waals surface area (Å²) in [5.74, 6) is -0.335. The fourth-order valence-electron chi connectivity index (χ4n) is 1.74. The van der Waals surface area contributed by atoms with Crippen molar-refractivity contribution < 1.29 is 9.90 Å². The first kappa shape index (κ1) is 13.4. The van der Waals surface area contributed by atoms with Crippen LogP contribution in [0.15, 0.2) is 24.4 Å². The Morgan fingerprint density at radius 3 is 2.89 bits per heavy atom. The first-order valence-electron chi connectivity index (χ1n) is 5.83. The van der Waals surface area contributed by atoms with Crippen LogP contribution in [0.25, 0.3) is 0 Å². The number of rotatable bonds is 3. The Labute approximate surface area is 115 Å². The number of nitrogens with zero attached hydrogens (tertiary/aromatic N) is 2. The van der Waals surface area contributed by atoms with Gasteiger partial charge in [-0.15, -0.1) is 0 Å². The van der Waals surface area contributed by atoms with Crippen LogP contribution in [-0.2, 0) is 13.5 Å². The predicted octanol–water partition coefficient (Wildman–Crippen LogP) is 2.59. The summed E-state index contributed by atoms with van der Waals surface area (Å²) in [4.78, 5) is 12.1. The van der Waals surface area contributed by atoms with E-state index < -0.39 is 0 Å². The maximum atomic E-state index is 12.1. The number of benzene rings is 1. The Hall–Kier alpha value is -2.01. The minimum absolute atomic E-state index is 0.0474. The van der Waals surface area contributed by atoms with Gasteiger partial charge in [-0.25, -0.2) is 0 Å². The predicted molar refractivity (Wildman–Crippen MR) is 73.7 cm³/mol. The number of anilines is 1. The second-order valence-corrected chi connectivity index (χ2v) is 4.54. The molecule has 2 rings (SSSR count). The van der Waals surface area contributed by atoms with Gasteiger partial charge in [-0.05, 0) is 24.6 Å². The highest BCUT2D eigenvalue weighted by atomic mass is 35.5. The number of aromatic nitrogens is 2. The number of nitrogens with one attached hydrogen (secondary N) is 1. The summed E-state index contributed by atoms with van der Waals surface area (Å²) in [5, 5.41) is 16.5. The maximum Gasteiger partial charge on any atom is 0.255 e. The molecule has 0 saturated heterocycles. The van der Waals surface area contributed by atoms with Gasteiger partial charge in [0.2, 0.25) is 0 Å². The van der Waals surface area contributed by atoms with Gasteiger partial charge < -0.3 is 10.4 Å². The Bertz CT molecular complexity index is 622. The average molecular weight is 280 g/mol. The normalized spacial score (nSPS) is 10.5. The molecule has 0 spiro atoms. The van der Waals surface area contributed by atoms with Crippen LogP contribution in [0.2, 0.25) is 5.02 Å². The van der Waals surface area contributed by atoms with Crippen molar-refractivity contribution in [2.24, 2.45) is 7.05 Å². The molecule has 0 fully saturated rings. The molecule has 0 aliphatic rings. The second-order valence-electron chi connectivity index (χ2n) is 4.14. The third-order valence-electron chi connectivity index (χ3n) is 2.70. The molecule has 0 bridgehead atoms. The highest BCUT2D eigenvalue weighted by molar-refractivity contribution is 6.32. The summed E-state index contributed by atoms with van der Waals surface area (Å²) >= 11 is 5.78. The summed E-state index contributed by atoms with van der Waals surface area (Å²) < 4.78 is 1.65. The standard InChI is InChI=1S/C13H14ClN3O2/c1-3-10-11(7-17(2)16-10)15-13(19)8-4-5-12(18)9(14)6-8/h4-7,18H,3H2,1-2H3,(H,15,19). The highest BCUT2D eigenvalue weighted by Gasteiger charge is 2.12. The molecule has 6 heteroatoms. The van der Waals surface area contributed by atoms with Crippen molar-refractivity contribution in [1.29, 1.82) is 0 Å². The summed E-state index contributed by atoms with van der Waals surface area (Å²) in [6, 6.07) is 4.33. The number of phenolic OH excluding ortho intramolecular Hbond substituents is 1. The lowest BCUT2D eigenvalue weighted by molar-refractivity contribution is 0.102. The molecule has 19 heavy (non-hydrogen) atoms. The van der Waals surface area contributed by atoms with Crippen molar-refractivity contribution in [2.45, 2.75) is 13.3 Å². The maximum absolute atomic E-state index is 12.1. The van der Waals surface area contributed by atoms with E-state index in [2.05, 4.69) is 10.4 Å². The van der Waals surface area contributed by atoms with E-state index in [0.717, 1.165) is 12.1 Å². The van der Waals surface area contributed by atoms with Gasteiger partial charge in [-0.3, -0.25) is 9.48 Å². The average Bonchev–Trinajstić information content (AvgIpc) is 2.72. The van der Waals surface area contributed by atoms with Crippen LogP contribution in [0.3, 0.4) is 0 Å². The first-order chi connectivity index (χ1) is 9.01. The van der Waals surface area contributed by atoms with Crippen molar-refractivity contribution in [3.8, 4) is 5.75 Å². The van der Waals surface area contributed by atoms with Gasteiger partial charge in [0, 0.05) is 18.8 Å². The van der Waals surface area contributed by atoms with Gasteiger partial charge in [-0.2, -0.15) is 5.10 Å². The number of phenols is 1. The van der Waals surface area contributed by atoms with E-state index in [9.17, 15) is 9.90 Å². The molecule has 1 amide bonds. The molecular weight excluding hydrogens is 266 g/mol. The molecule has 100 valence electrons. The lowest BCUT2D eigenvalue weighted by Crippen LogP contribution is -2.12. The fraction of sp³-hybridized carbons (Fsp3) is 0.231. The molecule has 0 aliphatic carbocycles. The number of amides is 1. The summed E-state index contributed by atoms with van der Waals surface area (Å²) in [5.41, 5.74) is 1.88. The molecule has 2 N–H and O–H groups in total. The zero-order valence-corrected chi connectivity index (χ0v) is 11.4. The summed E-state index contributed by atoms with van der Waals surface area (Å²) in [7, 11) is 1.80. The fourth-order valence-corrected chi connectivity index (χ4v) is 1.92. The third kappa shape index (κ3) is 2.88. The molecular formula is C13H14ClN3O2. The van der Waals surface area contributed by atoms with E-state index in [1.807, 2.05) is 6.92 Å². The molecule has 0 aliphatic heterocycles. The summed E-state index contributed by atoms with van der Waals surface area (Å²) in [6.45, 7) is 1.97. The van der Waals surface area contributed by atoms with Crippen molar-refractivity contribution in [3.05, 3.63) is 40.7 Å². The van der Waals surface area contributed by atoms with Crippen LogP contribution in [0.4, 0.5) is 5.69 Å². The lowest BCUT2D eigenvalue weighted by Gasteiger charge is -2.05. The van der Waals surface area contributed by atoms with E-state index in [0.29, 0.717) is 11.3 Å². The van der Waals surface area contributed by atoms with Crippen molar-refractivity contribution in [3.63, 3.8) is 0 Å². The third-order valence-corrected chi connectivity index (χ3v) is 3.00. The molecule has 1 heterocycles. The number of carbonyl (C=O) groups excluding carboxylic acids is 1. The molecule has 0 saturated carbocycles. The second kappa shape index (κ2) is 5.32. The Morgan fingerprint density at radius 2 is 2.26 bits per heavy atom. The minimum atomic E-state index is -0.287. The molecule has 0 atom stereocenters. The van der Waals surface area contributed by atoms with Crippen LogP contribution in [0, 0.1) is 0 Å². The Morgan fingerprint density at radius 1 is 1.53 bits per heavy atom. The minimum Gasteiger partial charge on any atom is -0.506 e. The molecule has 0 radical (unpaired) electrons. The molecule has 1 aromatic carbocycles. The SMILES string of the molecule is CCc1nn(C)cc1NC(=O)c1ccc(O)c(Cl)c1. The van der Waals surface area contributed by atoms with Gasteiger partial charge >= 0.3 is 0 Å². The van der Waals surface area contributed by atoms with E-state index in [1.165, 1.54) is 18.2 Å². The number of aryl methyl sites for hydroxylation is 2. The largest absolute Gasteiger partial charge is 0.506 e. The van der Waals surface area contributed by atoms with E-state index in [-0.39, 0.29) is 16.7 Å². The molecule has 2 aromatic rings. The van der Waals surface area contributed by atoms with Crippen LogP contribution < -0.4 is 5.32 Å². The Kier molecular flexibility index (Phi) is 3.76. The zero-order valence-electron chi connectivity index (χ0n) is 10.6. The van der Waals surface area contributed by atoms with Crippen LogP contribution in [0.1, 0.15) is 23.0 Å². The highest BCUT2D eigenvalue weighted by Crippen LogP contribution is 2.24. The summed E-state index contributed by atoms with van der Waals surface area (Å²) in [6.07, 6.45) is 2.48.